The number of hydrogen-bond acceptors (Lipinski definition) is 4. The van der Waals surface area contributed by atoms with E-state index in [1.807, 2.05) is 36.4 Å². The van der Waals surface area contributed by atoms with E-state index in [-0.39, 0.29) is 24.7 Å². The minimum atomic E-state index is -3.51. The Bertz CT molecular complexity index is 1100. The molecule has 3 rings (SSSR count). The highest BCUT2D eigenvalue weighted by atomic mass is 35.5. The van der Waals surface area contributed by atoms with Gasteiger partial charge in [0.1, 0.15) is 0 Å². The quantitative estimate of drug-likeness (QED) is 0.572. The van der Waals surface area contributed by atoms with Crippen molar-refractivity contribution in [3.05, 3.63) is 82.6 Å². The molecular formula is C20H21ClN4O3S. The average Bonchev–Trinajstić information content (AvgIpc) is 3.08. The summed E-state index contributed by atoms with van der Waals surface area (Å²) >= 11 is 6.01. The van der Waals surface area contributed by atoms with E-state index in [0.29, 0.717) is 16.3 Å². The Morgan fingerprint density at radius 3 is 2.62 bits per heavy atom. The normalized spacial score (nSPS) is 11.4. The van der Waals surface area contributed by atoms with Gasteiger partial charge in [0.2, 0.25) is 10.0 Å². The van der Waals surface area contributed by atoms with E-state index in [9.17, 15) is 13.2 Å². The largest absolute Gasteiger partial charge is 0.351 e. The van der Waals surface area contributed by atoms with E-state index >= 15 is 0 Å². The number of sulfonamides is 1. The van der Waals surface area contributed by atoms with Crippen LogP contribution in [-0.2, 0) is 16.6 Å². The van der Waals surface area contributed by atoms with Crippen molar-refractivity contribution in [2.45, 2.75) is 13.5 Å². The molecule has 3 aromatic rings. The van der Waals surface area contributed by atoms with Crippen LogP contribution in [0.1, 0.15) is 21.6 Å². The standard InChI is InChI=1S/C20H21ClN4O3S/c1-15-19(14-23-25(15)18-9-5-8-17(21)12-18)20(26)22-10-11-29(27,28)24-13-16-6-3-2-4-7-16/h2-9,12,14,24H,10-11,13H2,1H3,(H,22,26). The first-order chi connectivity index (χ1) is 13.9. The molecule has 0 fully saturated rings. The number of hydrogen-bond donors (Lipinski definition) is 2. The molecule has 0 radical (unpaired) electrons. The third-order valence-corrected chi connectivity index (χ3v) is 5.86. The molecular weight excluding hydrogens is 412 g/mol. The predicted octanol–water partition coefficient (Wildman–Crippen LogP) is 2.68. The third kappa shape index (κ3) is 5.66. The van der Waals surface area contributed by atoms with Crippen molar-refractivity contribution in [1.82, 2.24) is 19.8 Å². The van der Waals surface area contributed by atoms with Gasteiger partial charge in [-0.1, -0.05) is 48.0 Å². The summed E-state index contributed by atoms with van der Waals surface area (Å²) in [7, 11) is -3.51. The smallest absolute Gasteiger partial charge is 0.254 e. The fraction of sp³-hybridized carbons (Fsp3) is 0.200. The molecule has 9 heteroatoms. The molecule has 7 nitrogen and oxygen atoms in total. The topological polar surface area (TPSA) is 93.1 Å². The van der Waals surface area contributed by atoms with Gasteiger partial charge in [0, 0.05) is 18.1 Å². The Morgan fingerprint density at radius 2 is 1.90 bits per heavy atom. The number of nitrogens with one attached hydrogen (secondary N) is 2. The molecule has 0 saturated carbocycles. The van der Waals surface area contributed by atoms with Crippen molar-refractivity contribution >= 4 is 27.5 Å². The van der Waals surface area contributed by atoms with Gasteiger partial charge in [-0.3, -0.25) is 4.79 Å². The molecule has 29 heavy (non-hydrogen) atoms. The van der Waals surface area contributed by atoms with Crippen LogP contribution in [0, 0.1) is 6.92 Å². The van der Waals surface area contributed by atoms with Crippen molar-refractivity contribution in [1.29, 1.82) is 0 Å². The van der Waals surface area contributed by atoms with E-state index in [4.69, 9.17) is 11.6 Å². The fourth-order valence-corrected chi connectivity index (χ4v) is 3.84. The number of rotatable bonds is 8. The maximum atomic E-state index is 12.4. The maximum Gasteiger partial charge on any atom is 0.254 e. The Balaban J connectivity index is 1.56. The van der Waals surface area contributed by atoms with Crippen LogP contribution in [0.15, 0.2) is 60.8 Å². The van der Waals surface area contributed by atoms with E-state index < -0.39 is 10.0 Å². The highest BCUT2D eigenvalue weighted by Gasteiger charge is 2.16. The molecule has 2 N–H and O–H groups in total. The lowest BCUT2D eigenvalue weighted by Gasteiger charge is -2.09. The zero-order valence-corrected chi connectivity index (χ0v) is 17.4. The van der Waals surface area contributed by atoms with Crippen LogP contribution in [0.25, 0.3) is 5.69 Å². The van der Waals surface area contributed by atoms with Crippen LogP contribution in [-0.4, -0.2) is 36.4 Å². The van der Waals surface area contributed by atoms with Gasteiger partial charge >= 0.3 is 0 Å². The molecule has 1 amide bonds. The van der Waals surface area contributed by atoms with Gasteiger partial charge in [0.15, 0.2) is 0 Å². The lowest BCUT2D eigenvalue weighted by molar-refractivity contribution is 0.0955. The molecule has 1 heterocycles. The molecule has 0 spiro atoms. The van der Waals surface area contributed by atoms with Gasteiger partial charge in [-0.2, -0.15) is 5.10 Å². The summed E-state index contributed by atoms with van der Waals surface area (Å²) in [5.41, 5.74) is 2.61. The summed E-state index contributed by atoms with van der Waals surface area (Å²) < 4.78 is 28.4. The molecule has 0 unspecified atom stereocenters. The van der Waals surface area contributed by atoms with Crippen LogP contribution < -0.4 is 10.0 Å². The van der Waals surface area contributed by atoms with Crippen molar-refractivity contribution in [3.63, 3.8) is 0 Å². The van der Waals surface area contributed by atoms with E-state index in [2.05, 4.69) is 15.1 Å². The van der Waals surface area contributed by atoms with E-state index in [1.54, 1.807) is 29.8 Å². The van der Waals surface area contributed by atoms with Crippen LogP contribution >= 0.6 is 11.6 Å². The molecule has 0 saturated heterocycles. The van der Waals surface area contributed by atoms with Gasteiger partial charge in [-0.15, -0.1) is 0 Å². The van der Waals surface area contributed by atoms with Crippen molar-refractivity contribution in [3.8, 4) is 5.69 Å². The van der Waals surface area contributed by atoms with Gasteiger partial charge in [0.05, 0.1) is 28.9 Å². The molecule has 0 atom stereocenters. The molecule has 2 aromatic carbocycles. The monoisotopic (exact) mass is 432 g/mol. The second-order valence-corrected chi connectivity index (χ2v) is 8.78. The predicted molar refractivity (Wildman–Crippen MR) is 113 cm³/mol. The molecule has 1 aromatic heterocycles. The first-order valence-corrected chi connectivity index (χ1v) is 11.0. The van der Waals surface area contributed by atoms with Crippen LogP contribution in [0.5, 0.6) is 0 Å². The van der Waals surface area contributed by atoms with Crippen LogP contribution in [0.4, 0.5) is 0 Å². The van der Waals surface area contributed by atoms with Crippen LogP contribution in [0.3, 0.4) is 0 Å². The number of benzene rings is 2. The van der Waals surface area contributed by atoms with Gasteiger partial charge in [0.25, 0.3) is 5.91 Å². The Kier molecular flexibility index (Phi) is 6.68. The second kappa shape index (κ2) is 9.21. The van der Waals surface area contributed by atoms with Crippen molar-refractivity contribution in [2.24, 2.45) is 0 Å². The maximum absolute atomic E-state index is 12.4. The second-order valence-electron chi connectivity index (χ2n) is 6.42. The highest BCUT2D eigenvalue weighted by Crippen LogP contribution is 2.17. The Morgan fingerprint density at radius 1 is 1.14 bits per heavy atom. The molecule has 0 aliphatic rings. The number of halogens is 1. The number of amides is 1. The van der Waals surface area contributed by atoms with Crippen molar-refractivity contribution in [2.75, 3.05) is 12.3 Å². The summed E-state index contributed by atoms with van der Waals surface area (Å²) in [4.78, 5) is 12.4. The SMILES string of the molecule is Cc1c(C(=O)NCCS(=O)(=O)NCc2ccccc2)cnn1-c1cccc(Cl)c1. The average molecular weight is 433 g/mol. The summed E-state index contributed by atoms with van der Waals surface area (Å²) in [5.74, 6) is -0.596. The number of nitrogens with zero attached hydrogens (tertiary/aromatic N) is 2. The highest BCUT2D eigenvalue weighted by molar-refractivity contribution is 7.89. The molecule has 0 aliphatic carbocycles. The first kappa shape index (κ1) is 21.0. The fourth-order valence-electron chi connectivity index (χ4n) is 2.76. The van der Waals surface area contributed by atoms with Gasteiger partial charge in [-0.05, 0) is 30.7 Å². The summed E-state index contributed by atoms with van der Waals surface area (Å²) in [5, 5.41) is 7.43. The summed E-state index contributed by atoms with van der Waals surface area (Å²) in [6, 6.07) is 16.4. The Labute approximate surface area is 174 Å². The zero-order chi connectivity index (χ0) is 20.9. The minimum absolute atomic E-state index is 0.00919. The molecule has 0 bridgehead atoms. The number of carbonyl (C=O) groups is 1. The van der Waals surface area contributed by atoms with Gasteiger partial charge in [-0.25, -0.2) is 17.8 Å². The number of aromatic nitrogens is 2. The third-order valence-electron chi connectivity index (χ3n) is 4.30. The lowest BCUT2D eigenvalue weighted by Crippen LogP contribution is -2.34. The van der Waals surface area contributed by atoms with Crippen molar-refractivity contribution < 1.29 is 13.2 Å². The first-order valence-electron chi connectivity index (χ1n) is 8.96. The summed E-state index contributed by atoms with van der Waals surface area (Å²) in [6.45, 7) is 1.97. The molecule has 0 aliphatic heterocycles. The minimum Gasteiger partial charge on any atom is -0.351 e. The Hall–Kier alpha value is -2.68. The zero-order valence-electron chi connectivity index (χ0n) is 15.8. The van der Waals surface area contributed by atoms with Gasteiger partial charge < -0.3 is 5.32 Å². The van der Waals surface area contributed by atoms with E-state index in [0.717, 1.165) is 11.3 Å². The summed E-state index contributed by atoms with van der Waals surface area (Å²) in [6.07, 6.45) is 1.45. The van der Waals surface area contributed by atoms with Crippen LogP contribution in [0.2, 0.25) is 5.02 Å². The number of carbonyl (C=O) groups excluding carboxylic acids is 1. The molecule has 152 valence electrons. The van der Waals surface area contributed by atoms with E-state index in [1.165, 1.54) is 6.20 Å². The lowest BCUT2D eigenvalue weighted by atomic mass is 10.2.